The molecule has 0 aliphatic heterocycles. The molecule has 31 heavy (non-hydrogen) atoms. The lowest BCUT2D eigenvalue weighted by Gasteiger charge is -2.39. The van der Waals surface area contributed by atoms with E-state index in [1.165, 1.54) is 25.0 Å². The van der Waals surface area contributed by atoms with Crippen molar-refractivity contribution in [2.75, 3.05) is 0 Å². The van der Waals surface area contributed by atoms with Gasteiger partial charge in [0, 0.05) is 18.3 Å². The number of rotatable bonds is 5. The molecule has 3 aromatic rings. The summed E-state index contributed by atoms with van der Waals surface area (Å²) in [6.07, 6.45) is 6.43. The van der Waals surface area contributed by atoms with E-state index in [-0.39, 0.29) is 5.82 Å². The van der Waals surface area contributed by atoms with Crippen molar-refractivity contribution in [1.82, 2.24) is 9.55 Å². The Labute approximate surface area is 182 Å². The lowest BCUT2D eigenvalue weighted by atomic mass is 9.65. The van der Waals surface area contributed by atoms with Crippen LogP contribution in [-0.4, -0.2) is 14.7 Å². The number of nitriles is 1. The van der Waals surface area contributed by atoms with Crippen LogP contribution in [0.15, 0.2) is 60.8 Å². The molecule has 1 N–H and O–H groups in total. The van der Waals surface area contributed by atoms with Crippen molar-refractivity contribution >= 4 is 0 Å². The molecule has 2 aromatic carbocycles. The maximum atomic E-state index is 13.4. The Morgan fingerprint density at radius 2 is 1.71 bits per heavy atom. The molecule has 2 fully saturated rings. The summed E-state index contributed by atoms with van der Waals surface area (Å²) in [6, 6.07) is 18.8. The Morgan fingerprint density at radius 1 is 1.03 bits per heavy atom. The van der Waals surface area contributed by atoms with Crippen LogP contribution in [0.25, 0.3) is 11.4 Å². The van der Waals surface area contributed by atoms with Crippen molar-refractivity contribution in [2.45, 2.75) is 56.1 Å². The molecule has 0 saturated heterocycles. The molecular formula is C26H26FN3O. The molecular weight excluding hydrogens is 389 g/mol. The number of hydrogen-bond acceptors (Lipinski definition) is 3. The van der Waals surface area contributed by atoms with Crippen LogP contribution in [0.1, 0.15) is 49.8 Å². The molecule has 2 aliphatic rings. The first-order valence-corrected chi connectivity index (χ1v) is 11.0. The smallest absolute Gasteiger partial charge is 0.140 e. The van der Waals surface area contributed by atoms with Crippen LogP contribution in [0.4, 0.5) is 4.39 Å². The molecule has 2 saturated carbocycles. The zero-order valence-electron chi connectivity index (χ0n) is 17.5. The minimum Gasteiger partial charge on any atom is -0.383 e. The molecule has 2 aliphatic carbocycles. The highest BCUT2D eigenvalue weighted by atomic mass is 19.1. The van der Waals surface area contributed by atoms with Gasteiger partial charge in [-0.3, -0.25) is 0 Å². The Balaban J connectivity index is 1.43. The minimum absolute atomic E-state index is 0.307. The predicted octanol–water partition coefficient (Wildman–Crippen LogP) is 5.32. The first-order chi connectivity index (χ1) is 15.0. The number of imidazole rings is 1. The number of benzene rings is 2. The van der Waals surface area contributed by atoms with Crippen LogP contribution < -0.4 is 0 Å². The Morgan fingerprint density at radius 3 is 2.32 bits per heavy atom. The second-order valence-corrected chi connectivity index (χ2v) is 9.14. The monoisotopic (exact) mass is 415 g/mol. The van der Waals surface area contributed by atoms with E-state index >= 15 is 0 Å². The third-order valence-electron chi connectivity index (χ3n) is 6.98. The van der Waals surface area contributed by atoms with Crippen molar-refractivity contribution in [3.05, 3.63) is 77.9 Å². The Bertz CT molecular complexity index is 1100. The largest absolute Gasteiger partial charge is 0.383 e. The van der Waals surface area contributed by atoms with Crippen molar-refractivity contribution in [3.63, 3.8) is 0 Å². The molecule has 0 radical (unpaired) electrons. The van der Waals surface area contributed by atoms with Gasteiger partial charge in [-0.2, -0.15) is 5.26 Å². The van der Waals surface area contributed by atoms with Gasteiger partial charge < -0.3 is 9.67 Å². The lowest BCUT2D eigenvalue weighted by Crippen LogP contribution is -2.39. The zero-order chi connectivity index (χ0) is 21.5. The molecule has 0 bridgehead atoms. The van der Waals surface area contributed by atoms with Gasteiger partial charge in [0.15, 0.2) is 0 Å². The van der Waals surface area contributed by atoms with E-state index < -0.39 is 11.0 Å². The number of hydrogen-bond donors (Lipinski definition) is 1. The van der Waals surface area contributed by atoms with Gasteiger partial charge in [0.1, 0.15) is 17.2 Å². The zero-order valence-corrected chi connectivity index (χ0v) is 17.5. The fourth-order valence-corrected chi connectivity index (χ4v) is 4.76. The summed E-state index contributed by atoms with van der Waals surface area (Å²) < 4.78 is 15.6. The van der Waals surface area contributed by atoms with E-state index in [0.29, 0.717) is 37.3 Å². The third-order valence-corrected chi connectivity index (χ3v) is 6.98. The first kappa shape index (κ1) is 20.0. The Kier molecular flexibility index (Phi) is 4.91. The SMILES string of the molecule is N#C[C@]1(c2ccc(F)cc2)CC[C@@](O)(c2cn(CC3CC3)c(-c3ccccc3)n2)CC1. The van der Waals surface area contributed by atoms with Crippen LogP contribution in [0.2, 0.25) is 0 Å². The van der Waals surface area contributed by atoms with Gasteiger partial charge in [0.25, 0.3) is 0 Å². The van der Waals surface area contributed by atoms with Gasteiger partial charge in [-0.05, 0) is 62.1 Å². The van der Waals surface area contributed by atoms with Gasteiger partial charge in [0.2, 0.25) is 0 Å². The lowest BCUT2D eigenvalue weighted by molar-refractivity contribution is -0.0172. The quantitative estimate of drug-likeness (QED) is 0.613. The molecule has 0 spiro atoms. The van der Waals surface area contributed by atoms with Gasteiger partial charge in [0.05, 0.1) is 17.2 Å². The standard InChI is InChI=1S/C26H26FN3O/c27-22-10-8-21(9-11-22)25(18-28)12-14-26(31,15-13-25)23-17-30(16-19-6-7-19)24(29-23)20-4-2-1-3-5-20/h1-5,8-11,17,19,31H,6-7,12-16H2/t25-,26-. The number of halogens is 1. The van der Waals surface area contributed by atoms with Crippen LogP contribution in [0.5, 0.6) is 0 Å². The average Bonchev–Trinajstić information content (AvgIpc) is 3.52. The number of nitrogens with zero attached hydrogens (tertiary/aromatic N) is 3. The topological polar surface area (TPSA) is 61.8 Å². The van der Waals surface area contributed by atoms with Crippen LogP contribution in [-0.2, 0) is 17.6 Å². The van der Waals surface area contributed by atoms with Gasteiger partial charge >= 0.3 is 0 Å². The molecule has 0 atom stereocenters. The summed E-state index contributed by atoms with van der Waals surface area (Å²) >= 11 is 0. The second kappa shape index (κ2) is 7.62. The van der Waals surface area contributed by atoms with Gasteiger partial charge in [-0.15, -0.1) is 0 Å². The second-order valence-electron chi connectivity index (χ2n) is 9.14. The molecule has 5 rings (SSSR count). The van der Waals surface area contributed by atoms with Gasteiger partial charge in [-0.1, -0.05) is 42.5 Å². The normalized spacial score (nSPS) is 25.8. The molecule has 1 heterocycles. The molecule has 0 amide bonds. The molecule has 158 valence electrons. The van der Waals surface area contributed by atoms with E-state index in [0.717, 1.165) is 23.5 Å². The Hall–Kier alpha value is -2.97. The summed E-state index contributed by atoms with van der Waals surface area (Å²) in [4.78, 5) is 4.90. The van der Waals surface area contributed by atoms with E-state index in [4.69, 9.17) is 4.98 Å². The number of aliphatic hydroxyl groups is 1. The minimum atomic E-state index is -1.06. The van der Waals surface area contributed by atoms with E-state index in [1.54, 1.807) is 12.1 Å². The summed E-state index contributed by atoms with van der Waals surface area (Å²) in [5.41, 5.74) is 0.809. The highest BCUT2D eigenvalue weighted by Crippen LogP contribution is 2.47. The molecule has 0 unspecified atom stereocenters. The van der Waals surface area contributed by atoms with Crippen LogP contribution >= 0.6 is 0 Å². The maximum absolute atomic E-state index is 13.4. The fourth-order valence-electron chi connectivity index (χ4n) is 4.76. The van der Waals surface area contributed by atoms with E-state index in [1.807, 2.05) is 24.4 Å². The summed E-state index contributed by atoms with van der Waals surface area (Å²) in [7, 11) is 0. The highest BCUT2D eigenvalue weighted by Gasteiger charge is 2.45. The third kappa shape index (κ3) is 3.77. The van der Waals surface area contributed by atoms with Crippen molar-refractivity contribution in [2.24, 2.45) is 5.92 Å². The number of aromatic nitrogens is 2. The average molecular weight is 416 g/mol. The maximum Gasteiger partial charge on any atom is 0.140 e. The van der Waals surface area contributed by atoms with Crippen LogP contribution in [0, 0.1) is 23.1 Å². The fraction of sp³-hybridized carbons (Fsp3) is 0.385. The van der Waals surface area contributed by atoms with E-state index in [9.17, 15) is 14.8 Å². The van der Waals surface area contributed by atoms with E-state index in [2.05, 4.69) is 22.8 Å². The molecule has 4 nitrogen and oxygen atoms in total. The summed E-state index contributed by atoms with van der Waals surface area (Å²) in [5.74, 6) is 1.28. The molecule has 1 aromatic heterocycles. The highest BCUT2D eigenvalue weighted by molar-refractivity contribution is 5.56. The summed E-state index contributed by atoms with van der Waals surface area (Å²) in [5, 5.41) is 21.5. The van der Waals surface area contributed by atoms with Crippen LogP contribution in [0.3, 0.4) is 0 Å². The predicted molar refractivity (Wildman–Crippen MR) is 116 cm³/mol. The van der Waals surface area contributed by atoms with Gasteiger partial charge in [-0.25, -0.2) is 9.37 Å². The van der Waals surface area contributed by atoms with Crippen molar-refractivity contribution < 1.29 is 9.50 Å². The first-order valence-electron chi connectivity index (χ1n) is 11.0. The summed E-state index contributed by atoms with van der Waals surface area (Å²) in [6.45, 7) is 0.922. The van der Waals surface area contributed by atoms with Crippen molar-refractivity contribution in [3.8, 4) is 17.5 Å². The van der Waals surface area contributed by atoms with Crippen molar-refractivity contribution in [1.29, 1.82) is 5.26 Å². The molecule has 5 heteroatoms.